The molecule has 0 unspecified atom stereocenters. The minimum absolute atomic E-state index is 0.371. The molecule has 0 atom stereocenters. The van der Waals surface area contributed by atoms with Crippen LogP contribution in [0.3, 0.4) is 0 Å². The monoisotopic (exact) mass is 682 g/mol. The van der Waals surface area contributed by atoms with Gasteiger partial charge in [0, 0.05) is 6.61 Å². The maximum absolute atomic E-state index is 8.79. The largest absolute Gasteiger partial charge is 0.396 e. The second kappa shape index (κ2) is 37.5. The Labute approximate surface area is 286 Å². The topological polar surface area (TPSA) is 20.2 Å². The van der Waals surface area contributed by atoms with Crippen LogP contribution in [0.25, 0.3) is 0 Å². The molecule has 0 radical (unpaired) electrons. The molecule has 0 saturated heterocycles. The quantitative estimate of drug-likeness (QED) is 0.0390. The van der Waals surface area contributed by atoms with Gasteiger partial charge in [-0.1, -0.05) is 225 Å². The lowest BCUT2D eigenvalue weighted by Gasteiger charge is -2.07. The minimum atomic E-state index is -2.37. The van der Waals surface area contributed by atoms with Gasteiger partial charge in [-0.3, -0.25) is 0 Å². The highest BCUT2D eigenvalue weighted by atomic mass is 35.8. The van der Waals surface area contributed by atoms with Crippen molar-refractivity contribution >= 4 is 39.2 Å². The van der Waals surface area contributed by atoms with Crippen molar-refractivity contribution in [1.82, 2.24) is 0 Å². The normalized spacial score (nSPS) is 12.0. The summed E-state index contributed by atoms with van der Waals surface area (Å²) in [5.74, 6) is 0. The smallest absolute Gasteiger partial charge is 0.341 e. The summed E-state index contributed by atoms with van der Waals surface area (Å²) in [4.78, 5) is 0. The van der Waals surface area contributed by atoms with E-state index in [1.54, 1.807) is 0 Å². The van der Waals surface area contributed by atoms with E-state index in [1.807, 2.05) is 0 Å². The standard InChI is InChI=1S/C38H77Cl3OSi/c39-43(40,41)38-36-34-32-30-28-26-24-22-20-18-16-14-12-10-8-6-4-2-1-3-5-7-9-11-13-15-17-19-21-23-25-27-29-31-33-35-37-42/h42H,1-38H2. The molecule has 0 rings (SSSR count). The maximum Gasteiger partial charge on any atom is 0.341 e. The van der Waals surface area contributed by atoms with Crippen LogP contribution >= 0.6 is 33.2 Å². The van der Waals surface area contributed by atoms with Gasteiger partial charge in [0.05, 0.1) is 0 Å². The van der Waals surface area contributed by atoms with Crippen molar-refractivity contribution < 1.29 is 5.11 Å². The summed E-state index contributed by atoms with van der Waals surface area (Å²) in [7, 11) is 0. The van der Waals surface area contributed by atoms with Crippen LogP contribution < -0.4 is 0 Å². The predicted molar refractivity (Wildman–Crippen MR) is 201 cm³/mol. The van der Waals surface area contributed by atoms with Crippen LogP contribution in [0.5, 0.6) is 0 Å². The molecule has 0 aromatic rings. The van der Waals surface area contributed by atoms with Crippen molar-refractivity contribution in [3.63, 3.8) is 0 Å². The van der Waals surface area contributed by atoms with E-state index in [4.69, 9.17) is 38.3 Å². The molecule has 0 aliphatic rings. The molecule has 0 aliphatic heterocycles. The van der Waals surface area contributed by atoms with Crippen molar-refractivity contribution in [2.45, 2.75) is 237 Å². The Bertz CT molecular complexity index is 500. The van der Waals surface area contributed by atoms with Crippen LogP contribution in [0.1, 0.15) is 231 Å². The predicted octanol–water partition coefficient (Wildman–Crippen LogP) is 15.7. The second-order valence-corrected chi connectivity index (χ2v) is 23.1. The van der Waals surface area contributed by atoms with Crippen molar-refractivity contribution in [3.8, 4) is 0 Å². The molecule has 1 N–H and O–H groups in total. The second-order valence-electron chi connectivity index (χ2n) is 13.8. The first-order valence-electron chi connectivity index (χ1n) is 19.7. The van der Waals surface area contributed by atoms with Gasteiger partial charge in [0.2, 0.25) is 0 Å². The average molecular weight is 684 g/mol. The molecule has 0 amide bonds. The number of halogens is 3. The Hall–Kier alpha value is 1.05. The Morgan fingerprint density at radius 2 is 0.372 bits per heavy atom. The molecule has 0 fully saturated rings. The van der Waals surface area contributed by atoms with E-state index in [9.17, 15) is 0 Å². The first kappa shape index (κ1) is 44.0. The lowest BCUT2D eigenvalue weighted by atomic mass is 10.0. The van der Waals surface area contributed by atoms with Gasteiger partial charge in [0.15, 0.2) is 0 Å². The van der Waals surface area contributed by atoms with Gasteiger partial charge in [0.25, 0.3) is 0 Å². The third kappa shape index (κ3) is 43.0. The SMILES string of the molecule is OCCCCCCCCCCCCCCCCCCCCCCCCCCCCCCCCCCCCCC[Si](Cl)(Cl)Cl. The number of hydrogen-bond acceptors (Lipinski definition) is 1. The van der Waals surface area contributed by atoms with Crippen LogP contribution in [-0.4, -0.2) is 17.7 Å². The highest BCUT2D eigenvalue weighted by molar-refractivity contribution is 7.64. The lowest BCUT2D eigenvalue weighted by Crippen LogP contribution is -2.07. The van der Waals surface area contributed by atoms with Crippen molar-refractivity contribution in [2.75, 3.05) is 6.61 Å². The molecule has 1 nitrogen and oxygen atoms in total. The van der Waals surface area contributed by atoms with Crippen LogP contribution in [0.15, 0.2) is 0 Å². The zero-order chi connectivity index (χ0) is 31.4. The molecular formula is C38H77Cl3OSi. The molecule has 0 aromatic carbocycles. The van der Waals surface area contributed by atoms with Crippen LogP contribution in [0.4, 0.5) is 0 Å². The van der Waals surface area contributed by atoms with Gasteiger partial charge in [-0.15, -0.1) is 33.2 Å². The summed E-state index contributed by atoms with van der Waals surface area (Å²) in [6.45, 7) is 0.371. The summed E-state index contributed by atoms with van der Waals surface area (Å²) in [5, 5.41) is 8.79. The number of hydrogen-bond donors (Lipinski definition) is 1. The van der Waals surface area contributed by atoms with E-state index in [0.717, 1.165) is 18.9 Å². The van der Waals surface area contributed by atoms with Crippen LogP contribution in [-0.2, 0) is 0 Å². The van der Waals surface area contributed by atoms with Gasteiger partial charge >= 0.3 is 6.00 Å². The summed E-state index contributed by atoms with van der Waals surface area (Å²) >= 11 is 17.8. The van der Waals surface area contributed by atoms with E-state index >= 15 is 0 Å². The summed E-state index contributed by atoms with van der Waals surface area (Å²) < 4.78 is 0. The molecule has 0 spiro atoms. The number of rotatable bonds is 38. The first-order chi connectivity index (χ1) is 21.1. The molecule has 5 heteroatoms. The van der Waals surface area contributed by atoms with E-state index in [0.29, 0.717) is 6.61 Å². The van der Waals surface area contributed by atoms with Crippen LogP contribution in [0, 0.1) is 0 Å². The van der Waals surface area contributed by atoms with E-state index in [2.05, 4.69) is 0 Å². The van der Waals surface area contributed by atoms with Gasteiger partial charge < -0.3 is 5.11 Å². The Morgan fingerprint density at radius 3 is 0.512 bits per heavy atom. The van der Waals surface area contributed by atoms with Crippen molar-refractivity contribution in [3.05, 3.63) is 0 Å². The fraction of sp³-hybridized carbons (Fsp3) is 1.00. The molecule has 0 aliphatic carbocycles. The van der Waals surface area contributed by atoms with Gasteiger partial charge in [0.1, 0.15) is 0 Å². The maximum atomic E-state index is 8.79. The Kier molecular flexibility index (Phi) is 38.4. The fourth-order valence-corrected chi connectivity index (χ4v) is 8.30. The van der Waals surface area contributed by atoms with Gasteiger partial charge in [-0.2, -0.15) is 0 Å². The molecule has 43 heavy (non-hydrogen) atoms. The summed E-state index contributed by atoms with van der Waals surface area (Å²) in [6, 6.07) is -1.54. The highest BCUT2D eigenvalue weighted by Gasteiger charge is 2.23. The Balaban J connectivity index is 3.05. The number of aliphatic hydroxyl groups excluding tert-OH is 1. The van der Waals surface area contributed by atoms with E-state index in [1.165, 1.54) is 218 Å². The molecule has 0 aromatic heterocycles. The minimum Gasteiger partial charge on any atom is -0.396 e. The fourth-order valence-electron chi connectivity index (χ4n) is 6.45. The zero-order valence-corrected chi connectivity index (χ0v) is 32.2. The molecular weight excluding hydrogens is 607 g/mol. The highest BCUT2D eigenvalue weighted by Crippen LogP contribution is 2.27. The molecule has 260 valence electrons. The Morgan fingerprint density at radius 1 is 0.233 bits per heavy atom. The van der Waals surface area contributed by atoms with Crippen LogP contribution in [0.2, 0.25) is 6.04 Å². The lowest BCUT2D eigenvalue weighted by molar-refractivity contribution is 0.282. The first-order valence-corrected chi connectivity index (χ1v) is 25.0. The summed E-state index contributed by atoms with van der Waals surface area (Å²) in [6.07, 6.45) is 50.6. The molecule has 0 bridgehead atoms. The van der Waals surface area contributed by atoms with Crippen molar-refractivity contribution in [2.24, 2.45) is 0 Å². The number of unbranched alkanes of at least 4 members (excludes halogenated alkanes) is 35. The van der Waals surface area contributed by atoms with Gasteiger partial charge in [-0.05, 0) is 12.5 Å². The van der Waals surface area contributed by atoms with Crippen molar-refractivity contribution in [1.29, 1.82) is 0 Å². The zero-order valence-electron chi connectivity index (χ0n) is 29.0. The third-order valence-corrected chi connectivity index (χ3v) is 12.0. The average Bonchev–Trinajstić information content (AvgIpc) is 2.98. The van der Waals surface area contributed by atoms with E-state index in [-0.39, 0.29) is 0 Å². The third-order valence-electron chi connectivity index (χ3n) is 9.37. The summed E-state index contributed by atoms with van der Waals surface area (Å²) in [5.41, 5.74) is 0. The van der Waals surface area contributed by atoms with Gasteiger partial charge in [-0.25, -0.2) is 0 Å². The molecule has 0 saturated carbocycles. The molecule has 0 heterocycles. The van der Waals surface area contributed by atoms with E-state index < -0.39 is 6.00 Å². The number of aliphatic hydroxyl groups is 1.